The third kappa shape index (κ3) is 4.20. The third-order valence-electron chi connectivity index (χ3n) is 2.88. The zero-order valence-corrected chi connectivity index (χ0v) is 13.6. The van der Waals surface area contributed by atoms with Crippen LogP contribution in [-0.2, 0) is 5.41 Å². The van der Waals surface area contributed by atoms with Crippen LogP contribution in [0.2, 0.25) is 0 Å². The Morgan fingerprint density at radius 1 is 1.28 bits per heavy atom. The fraction of sp³-hybridized carbons (Fsp3) is 0.600. The first-order valence-corrected chi connectivity index (χ1v) is 7.23. The predicted molar refractivity (Wildman–Crippen MR) is 82.2 cm³/mol. The van der Waals surface area contributed by atoms with Crippen LogP contribution in [0.15, 0.2) is 16.6 Å². The molecule has 0 heterocycles. The lowest BCUT2D eigenvalue weighted by atomic mass is 9.87. The first kappa shape index (κ1) is 15.4. The van der Waals surface area contributed by atoms with Crippen molar-refractivity contribution in [2.24, 2.45) is 5.92 Å². The van der Waals surface area contributed by atoms with E-state index in [1.165, 1.54) is 5.56 Å². The smallest absolute Gasteiger partial charge is 0.156 e. The van der Waals surface area contributed by atoms with Crippen LogP contribution in [0.25, 0.3) is 0 Å². The van der Waals surface area contributed by atoms with Gasteiger partial charge in [0.2, 0.25) is 0 Å². The summed E-state index contributed by atoms with van der Waals surface area (Å²) in [7, 11) is 0. The molecule has 3 heteroatoms. The van der Waals surface area contributed by atoms with Crippen LogP contribution in [-0.4, -0.2) is 6.61 Å². The highest BCUT2D eigenvalue weighted by molar-refractivity contribution is 9.10. The van der Waals surface area contributed by atoms with Gasteiger partial charge in [-0.05, 0) is 51.4 Å². The van der Waals surface area contributed by atoms with Gasteiger partial charge in [0.1, 0.15) is 0 Å². The number of halogens is 1. The van der Waals surface area contributed by atoms with E-state index in [0.29, 0.717) is 18.2 Å². The first-order chi connectivity index (χ1) is 8.21. The summed E-state index contributed by atoms with van der Waals surface area (Å²) in [5.74, 6) is 1.41. The molecule has 0 amide bonds. The van der Waals surface area contributed by atoms with Crippen molar-refractivity contribution >= 4 is 21.6 Å². The topological polar surface area (TPSA) is 35.2 Å². The number of rotatable bonds is 4. The van der Waals surface area contributed by atoms with Gasteiger partial charge in [0.25, 0.3) is 0 Å². The molecule has 2 N–H and O–H groups in total. The number of benzene rings is 1. The van der Waals surface area contributed by atoms with Crippen LogP contribution in [0.3, 0.4) is 0 Å². The van der Waals surface area contributed by atoms with E-state index in [9.17, 15) is 0 Å². The summed E-state index contributed by atoms with van der Waals surface area (Å²) in [5.41, 5.74) is 8.09. The Morgan fingerprint density at radius 2 is 1.89 bits per heavy atom. The summed E-state index contributed by atoms with van der Waals surface area (Å²) in [6.45, 7) is 11.6. The molecule has 0 saturated carbocycles. The normalized spacial score (nSPS) is 11.9. The highest BCUT2D eigenvalue weighted by Crippen LogP contribution is 2.36. The molecule has 2 nitrogen and oxygen atoms in total. The minimum absolute atomic E-state index is 0.0904. The maximum absolute atomic E-state index is 6.08. The van der Waals surface area contributed by atoms with E-state index in [0.717, 1.165) is 16.6 Å². The molecule has 0 fully saturated rings. The molecule has 1 aromatic rings. The fourth-order valence-electron chi connectivity index (χ4n) is 1.60. The van der Waals surface area contributed by atoms with E-state index in [2.05, 4.69) is 56.6 Å². The molecular formula is C15H24BrNO. The van der Waals surface area contributed by atoms with E-state index < -0.39 is 0 Å². The molecule has 0 aliphatic carbocycles. The van der Waals surface area contributed by atoms with Gasteiger partial charge < -0.3 is 10.5 Å². The maximum atomic E-state index is 6.08. The van der Waals surface area contributed by atoms with E-state index in [-0.39, 0.29) is 5.41 Å². The zero-order chi connectivity index (χ0) is 13.9. The van der Waals surface area contributed by atoms with Crippen molar-refractivity contribution in [1.82, 2.24) is 0 Å². The van der Waals surface area contributed by atoms with E-state index in [4.69, 9.17) is 10.5 Å². The maximum Gasteiger partial charge on any atom is 0.156 e. The highest BCUT2D eigenvalue weighted by Gasteiger charge is 2.17. The summed E-state index contributed by atoms with van der Waals surface area (Å²) >= 11 is 3.55. The number of hydrogen-bond acceptors (Lipinski definition) is 2. The van der Waals surface area contributed by atoms with Gasteiger partial charge in [-0.25, -0.2) is 0 Å². The van der Waals surface area contributed by atoms with Crippen LogP contribution in [0.1, 0.15) is 46.6 Å². The standard InChI is InChI=1S/C15H24BrNO/c1-10(2)6-7-18-14-12(16)8-11(9-13(14)17)15(3,4)5/h8-10H,6-7,17H2,1-5H3. The van der Waals surface area contributed by atoms with Crippen LogP contribution < -0.4 is 10.5 Å². The largest absolute Gasteiger partial charge is 0.490 e. The minimum Gasteiger partial charge on any atom is -0.490 e. The molecule has 0 bridgehead atoms. The summed E-state index contributed by atoms with van der Waals surface area (Å²) in [6.07, 6.45) is 1.03. The molecule has 18 heavy (non-hydrogen) atoms. The van der Waals surface area contributed by atoms with Gasteiger partial charge in [-0.1, -0.05) is 34.6 Å². The number of nitrogen functional groups attached to an aromatic ring is 1. The van der Waals surface area contributed by atoms with E-state index in [1.54, 1.807) is 0 Å². The lowest BCUT2D eigenvalue weighted by molar-refractivity contribution is 0.289. The van der Waals surface area contributed by atoms with Gasteiger partial charge >= 0.3 is 0 Å². The van der Waals surface area contributed by atoms with Gasteiger partial charge in [-0.3, -0.25) is 0 Å². The highest BCUT2D eigenvalue weighted by atomic mass is 79.9. The lowest BCUT2D eigenvalue weighted by Crippen LogP contribution is -2.12. The van der Waals surface area contributed by atoms with Crippen molar-refractivity contribution in [2.45, 2.75) is 46.5 Å². The van der Waals surface area contributed by atoms with Gasteiger partial charge in [0.05, 0.1) is 16.8 Å². The average molecular weight is 314 g/mol. The van der Waals surface area contributed by atoms with Crippen molar-refractivity contribution in [3.8, 4) is 5.75 Å². The minimum atomic E-state index is 0.0904. The molecule has 0 aliphatic heterocycles. The van der Waals surface area contributed by atoms with Crippen molar-refractivity contribution in [3.05, 3.63) is 22.2 Å². The van der Waals surface area contributed by atoms with Crippen molar-refractivity contribution in [3.63, 3.8) is 0 Å². The van der Waals surface area contributed by atoms with Gasteiger partial charge in [-0.15, -0.1) is 0 Å². The second kappa shape index (κ2) is 5.96. The zero-order valence-electron chi connectivity index (χ0n) is 12.0. The number of nitrogens with two attached hydrogens (primary N) is 1. The number of anilines is 1. The Balaban J connectivity index is 2.88. The summed E-state index contributed by atoms with van der Waals surface area (Å²) in [4.78, 5) is 0. The van der Waals surface area contributed by atoms with E-state index >= 15 is 0 Å². The molecule has 0 spiro atoms. The van der Waals surface area contributed by atoms with E-state index in [1.807, 2.05) is 6.07 Å². The van der Waals surface area contributed by atoms with Gasteiger partial charge in [0.15, 0.2) is 5.75 Å². The second-order valence-electron chi connectivity index (χ2n) is 6.16. The lowest BCUT2D eigenvalue weighted by Gasteiger charge is -2.21. The molecule has 102 valence electrons. The Morgan fingerprint density at radius 3 is 2.33 bits per heavy atom. The molecule has 0 atom stereocenters. The monoisotopic (exact) mass is 313 g/mol. The SMILES string of the molecule is CC(C)CCOc1c(N)cc(C(C)(C)C)cc1Br. The molecule has 0 unspecified atom stereocenters. The summed E-state index contributed by atoms with van der Waals surface area (Å²) in [6, 6.07) is 4.11. The Kier molecular flexibility index (Phi) is 5.09. The van der Waals surface area contributed by atoms with Gasteiger partial charge in [0, 0.05) is 0 Å². The van der Waals surface area contributed by atoms with Crippen LogP contribution in [0.4, 0.5) is 5.69 Å². The Labute approximate surface area is 119 Å². The Bertz CT molecular complexity index is 384. The summed E-state index contributed by atoms with van der Waals surface area (Å²) in [5, 5.41) is 0. The quantitative estimate of drug-likeness (QED) is 0.814. The fourth-order valence-corrected chi connectivity index (χ4v) is 2.19. The number of ether oxygens (including phenoxy) is 1. The molecule has 0 radical (unpaired) electrons. The third-order valence-corrected chi connectivity index (χ3v) is 3.47. The molecular weight excluding hydrogens is 290 g/mol. The van der Waals surface area contributed by atoms with Crippen LogP contribution in [0, 0.1) is 5.92 Å². The van der Waals surface area contributed by atoms with Crippen molar-refractivity contribution in [1.29, 1.82) is 0 Å². The number of hydrogen-bond donors (Lipinski definition) is 1. The van der Waals surface area contributed by atoms with Crippen LogP contribution >= 0.6 is 15.9 Å². The first-order valence-electron chi connectivity index (χ1n) is 6.44. The molecule has 0 saturated heterocycles. The van der Waals surface area contributed by atoms with Gasteiger partial charge in [-0.2, -0.15) is 0 Å². The predicted octanol–water partition coefficient (Wildman–Crippen LogP) is 4.75. The Hall–Kier alpha value is -0.700. The van der Waals surface area contributed by atoms with Crippen molar-refractivity contribution in [2.75, 3.05) is 12.3 Å². The molecule has 1 rings (SSSR count). The molecule has 1 aromatic carbocycles. The average Bonchev–Trinajstić information content (AvgIpc) is 2.20. The van der Waals surface area contributed by atoms with Crippen molar-refractivity contribution < 1.29 is 4.74 Å². The van der Waals surface area contributed by atoms with Crippen LogP contribution in [0.5, 0.6) is 5.75 Å². The molecule has 0 aliphatic rings. The second-order valence-corrected chi connectivity index (χ2v) is 7.01. The summed E-state index contributed by atoms with van der Waals surface area (Å²) < 4.78 is 6.72. The molecule has 0 aromatic heterocycles.